The van der Waals surface area contributed by atoms with Crippen molar-refractivity contribution in [3.63, 3.8) is 0 Å². The van der Waals surface area contributed by atoms with Crippen molar-refractivity contribution in [2.75, 3.05) is 6.61 Å². The number of oxazole rings is 1. The molecule has 5 nitrogen and oxygen atoms in total. The van der Waals surface area contributed by atoms with Crippen LogP contribution >= 0.6 is 11.8 Å². The van der Waals surface area contributed by atoms with Gasteiger partial charge in [-0.2, -0.15) is 0 Å². The van der Waals surface area contributed by atoms with E-state index in [1.54, 1.807) is 36.4 Å². The summed E-state index contributed by atoms with van der Waals surface area (Å²) in [6.45, 7) is 0.184. The standard InChI is InChI=1S/C19H13NO4S/c1-2-11-23-14-9-7-13(8-10-14)12-17(18(21)22)25-19-20-15-5-3-4-6-16(15)24-19/h1,3-10,12H,11H2,(H,21,22)/b17-12-. The zero-order chi connectivity index (χ0) is 17.6. The van der Waals surface area contributed by atoms with Gasteiger partial charge in [-0.1, -0.05) is 30.2 Å². The number of hydrogen-bond acceptors (Lipinski definition) is 5. The molecule has 2 aromatic carbocycles. The molecule has 0 spiro atoms. The third-order valence-electron chi connectivity index (χ3n) is 3.18. The van der Waals surface area contributed by atoms with Crippen LogP contribution in [0.3, 0.4) is 0 Å². The van der Waals surface area contributed by atoms with E-state index in [2.05, 4.69) is 10.9 Å². The summed E-state index contributed by atoms with van der Waals surface area (Å²) in [5.74, 6) is 1.95. The third-order valence-corrected chi connectivity index (χ3v) is 4.04. The summed E-state index contributed by atoms with van der Waals surface area (Å²) in [4.78, 5) is 15.9. The summed E-state index contributed by atoms with van der Waals surface area (Å²) >= 11 is 0.961. The number of para-hydroxylation sites is 2. The molecule has 124 valence electrons. The van der Waals surface area contributed by atoms with Crippen LogP contribution in [0.5, 0.6) is 5.75 Å². The molecule has 0 bridgehead atoms. The number of nitrogens with zero attached hydrogens (tertiary/aromatic N) is 1. The second-order valence-electron chi connectivity index (χ2n) is 4.93. The fraction of sp³-hybridized carbons (Fsp3) is 0.0526. The number of carbonyl (C=O) groups is 1. The van der Waals surface area contributed by atoms with Crippen molar-refractivity contribution >= 4 is 34.9 Å². The smallest absolute Gasteiger partial charge is 0.342 e. The molecule has 1 heterocycles. The van der Waals surface area contributed by atoms with Crippen molar-refractivity contribution in [3.8, 4) is 18.1 Å². The molecule has 0 aliphatic heterocycles. The molecular formula is C19H13NO4S. The van der Waals surface area contributed by atoms with E-state index < -0.39 is 5.97 Å². The van der Waals surface area contributed by atoms with Crippen LogP contribution < -0.4 is 4.74 Å². The minimum Gasteiger partial charge on any atom is -0.481 e. The summed E-state index contributed by atoms with van der Waals surface area (Å²) in [6.07, 6.45) is 6.69. The van der Waals surface area contributed by atoms with Crippen LogP contribution in [0.25, 0.3) is 17.2 Å². The molecule has 0 fully saturated rings. The summed E-state index contributed by atoms with van der Waals surface area (Å²) < 4.78 is 10.8. The molecule has 0 amide bonds. The maximum Gasteiger partial charge on any atom is 0.342 e. The molecule has 0 saturated heterocycles. The second kappa shape index (κ2) is 7.60. The van der Waals surface area contributed by atoms with Crippen LogP contribution in [0.4, 0.5) is 0 Å². The van der Waals surface area contributed by atoms with Crippen molar-refractivity contribution in [1.82, 2.24) is 4.98 Å². The topological polar surface area (TPSA) is 72.6 Å². The van der Waals surface area contributed by atoms with Crippen LogP contribution in [0.1, 0.15) is 5.56 Å². The minimum absolute atomic E-state index is 0.101. The first-order valence-corrected chi connectivity index (χ1v) is 8.12. The number of terminal acetylenes is 1. The fourth-order valence-corrected chi connectivity index (χ4v) is 2.81. The van der Waals surface area contributed by atoms with Crippen molar-refractivity contribution in [1.29, 1.82) is 0 Å². The van der Waals surface area contributed by atoms with E-state index in [1.165, 1.54) is 0 Å². The van der Waals surface area contributed by atoms with Gasteiger partial charge in [-0.3, -0.25) is 0 Å². The highest BCUT2D eigenvalue weighted by atomic mass is 32.2. The first-order chi connectivity index (χ1) is 12.2. The van der Waals surface area contributed by atoms with E-state index >= 15 is 0 Å². The van der Waals surface area contributed by atoms with Crippen molar-refractivity contribution in [2.45, 2.75) is 5.22 Å². The van der Waals surface area contributed by atoms with Crippen LogP contribution in [0.2, 0.25) is 0 Å². The predicted molar refractivity (Wildman–Crippen MR) is 96.2 cm³/mol. The van der Waals surface area contributed by atoms with E-state index in [0.717, 1.165) is 11.8 Å². The quantitative estimate of drug-likeness (QED) is 0.410. The van der Waals surface area contributed by atoms with Gasteiger partial charge >= 0.3 is 5.97 Å². The highest BCUT2D eigenvalue weighted by Gasteiger charge is 2.14. The Morgan fingerprint density at radius 1 is 1.28 bits per heavy atom. The molecule has 0 unspecified atom stereocenters. The molecule has 0 aliphatic rings. The lowest BCUT2D eigenvalue weighted by atomic mass is 10.2. The molecule has 0 atom stereocenters. The molecule has 0 radical (unpaired) electrons. The number of carboxylic acids is 1. The van der Waals surface area contributed by atoms with Crippen LogP contribution in [-0.4, -0.2) is 22.7 Å². The van der Waals surface area contributed by atoms with Gasteiger partial charge in [0.05, 0.1) is 0 Å². The molecule has 0 saturated carbocycles. The minimum atomic E-state index is -1.06. The van der Waals surface area contributed by atoms with Crippen molar-refractivity contribution in [3.05, 3.63) is 59.0 Å². The lowest BCUT2D eigenvalue weighted by Crippen LogP contribution is -1.97. The van der Waals surface area contributed by atoms with Gasteiger partial charge < -0.3 is 14.3 Å². The molecule has 0 aliphatic carbocycles. The lowest BCUT2D eigenvalue weighted by molar-refractivity contribution is -0.131. The summed E-state index contributed by atoms with van der Waals surface area (Å²) in [6, 6.07) is 14.2. The maximum absolute atomic E-state index is 11.5. The van der Waals surface area contributed by atoms with E-state index in [4.69, 9.17) is 15.6 Å². The Hall–Kier alpha value is -3.17. The lowest BCUT2D eigenvalue weighted by Gasteiger charge is -2.03. The zero-order valence-corrected chi connectivity index (χ0v) is 13.8. The molecular weight excluding hydrogens is 338 g/mol. The molecule has 3 aromatic rings. The Bertz CT molecular complexity index is 934. The summed E-state index contributed by atoms with van der Waals surface area (Å²) in [5, 5.41) is 9.72. The predicted octanol–water partition coefficient (Wildman–Crippen LogP) is 4.06. The average molecular weight is 351 g/mol. The Kier molecular flexibility index (Phi) is 5.07. The largest absolute Gasteiger partial charge is 0.481 e. The summed E-state index contributed by atoms with van der Waals surface area (Å²) in [5.41, 5.74) is 2.02. The molecule has 25 heavy (non-hydrogen) atoms. The van der Waals surface area contributed by atoms with Gasteiger partial charge in [0, 0.05) is 0 Å². The van der Waals surface area contributed by atoms with Gasteiger partial charge in [0.15, 0.2) is 5.58 Å². The Balaban J connectivity index is 1.81. The molecule has 1 aromatic heterocycles. The number of thioether (sulfide) groups is 1. The number of aliphatic carboxylic acids is 1. The van der Waals surface area contributed by atoms with Crippen LogP contribution in [0.15, 0.2) is 63.1 Å². The Morgan fingerprint density at radius 3 is 2.72 bits per heavy atom. The average Bonchev–Trinajstić information content (AvgIpc) is 3.03. The van der Waals surface area contributed by atoms with Gasteiger partial charge in [0.1, 0.15) is 22.8 Å². The molecule has 6 heteroatoms. The van der Waals surface area contributed by atoms with Gasteiger partial charge in [-0.15, -0.1) is 6.42 Å². The van der Waals surface area contributed by atoms with E-state index in [9.17, 15) is 9.90 Å². The van der Waals surface area contributed by atoms with Crippen LogP contribution in [0, 0.1) is 12.3 Å². The monoisotopic (exact) mass is 351 g/mol. The van der Waals surface area contributed by atoms with E-state index in [0.29, 0.717) is 22.4 Å². The Morgan fingerprint density at radius 2 is 2.04 bits per heavy atom. The van der Waals surface area contributed by atoms with E-state index in [1.807, 2.05) is 18.2 Å². The highest BCUT2D eigenvalue weighted by molar-refractivity contribution is 8.03. The first-order valence-electron chi connectivity index (χ1n) is 7.30. The number of ether oxygens (including phenoxy) is 1. The van der Waals surface area contributed by atoms with Crippen molar-refractivity contribution in [2.24, 2.45) is 0 Å². The number of aromatic nitrogens is 1. The normalized spacial score (nSPS) is 11.2. The second-order valence-corrected chi connectivity index (χ2v) is 5.92. The number of rotatable bonds is 6. The molecule has 3 rings (SSSR count). The maximum atomic E-state index is 11.5. The number of carboxylic acid groups (broad SMARTS) is 1. The van der Waals surface area contributed by atoms with Gasteiger partial charge in [-0.25, -0.2) is 9.78 Å². The van der Waals surface area contributed by atoms with Gasteiger partial charge in [0.2, 0.25) is 0 Å². The summed E-state index contributed by atoms with van der Waals surface area (Å²) in [7, 11) is 0. The Labute approximate surface area is 148 Å². The van der Waals surface area contributed by atoms with Gasteiger partial charge in [-0.05, 0) is 47.7 Å². The first kappa shape index (κ1) is 16.7. The fourth-order valence-electron chi connectivity index (χ4n) is 2.06. The third kappa shape index (κ3) is 4.22. The number of fused-ring (bicyclic) bond motifs is 1. The number of hydrogen-bond donors (Lipinski definition) is 1. The molecule has 1 N–H and O–H groups in total. The number of benzene rings is 2. The van der Waals surface area contributed by atoms with E-state index in [-0.39, 0.29) is 16.7 Å². The zero-order valence-electron chi connectivity index (χ0n) is 13.0. The van der Waals surface area contributed by atoms with Gasteiger partial charge in [0.25, 0.3) is 5.22 Å². The van der Waals surface area contributed by atoms with Crippen molar-refractivity contribution < 1.29 is 19.1 Å². The highest BCUT2D eigenvalue weighted by Crippen LogP contribution is 2.30. The van der Waals surface area contributed by atoms with Crippen LogP contribution in [-0.2, 0) is 4.79 Å². The SMILES string of the molecule is C#CCOc1ccc(/C=C(\Sc2nc3ccccc3o2)C(=O)O)cc1.